The molecule has 0 radical (unpaired) electrons. The van der Waals surface area contributed by atoms with Crippen molar-refractivity contribution in [3.8, 4) is 0 Å². The van der Waals surface area contributed by atoms with Gasteiger partial charge in [0.2, 0.25) is 0 Å². The topological polar surface area (TPSA) is 46.6 Å². The second-order valence-corrected chi connectivity index (χ2v) is 8.35. The van der Waals surface area contributed by atoms with E-state index in [2.05, 4.69) is 0 Å². The van der Waals surface area contributed by atoms with Gasteiger partial charge in [-0.05, 0) is 61.7 Å². The van der Waals surface area contributed by atoms with E-state index >= 15 is 0 Å². The minimum Gasteiger partial charge on any atom is -0.449 e. The van der Waals surface area contributed by atoms with Crippen molar-refractivity contribution in [3.63, 3.8) is 0 Å². The number of fused-ring (bicyclic) bond motifs is 1. The molecule has 0 aromatic heterocycles. The third-order valence-corrected chi connectivity index (χ3v) is 5.99. The lowest BCUT2D eigenvalue weighted by atomic mass is 9.79. The molecule has 0 aliphatic carbocycles. The quantitative estimate of drug-likeness (QED) is 0.293. The summed E-state index contributed by atoms with van der Waals surface area (Å²) >= 11 is 0. The highest BCUT2D eigenvalue weighted by Crippen LogP contribution is 2.45. The Morgan fingerprint density at radius 2 is 1.38 bits per heavy atom. The standard InChI is InChI=1S/C24H20F9NO3/c1-3-16-11-18(20(35)12-7-14(23(28,29)30)9-15(8-12)24(31,32)33)17-10-13(22(25,26)27)5-6-19(17)34(16)21(36)37-4-2/h5-10,16,18H,3-4,11H2,1-2H3/t16-,18-/m0/s1. The average Bonchev–Trinajstić information content (AvgIpc) is 2.80. The molecule has 0 fully saturated rings. The van der Waals surface area contributed by atoms with E-state index in [0.29, 0.717) is 12.1 Å². The smallest absolute Gasteiger partial charge is 0.416 e. The van der Waals surface area contributed by atoms with Crippen LogP contribution < -0.4 is 4.90 Å². The molecule has 37 heavy (non-hydrogen) atoms. The molecule has 0 N–H and O–H groups in total. The number of hydrogen-bond donors (Lipinski definition) is 0. The molecule has 1 heterocycles. The number of alkyl halides is 9. The van der Waals surface area contributed by atoms with Crippen LogP contribution in [0, 0.1) is 0 Å². The van der Waals surface area contributed by atoms with E-state index in [4.69, 9.17) is 4.74 Å². The number of hydrogen-bond acceptors (Lipinski definition) is 3. The third-order valence-electron chi connectivity index (χ3n) is 5.99. The molecule has 2 aromatic carbocycles. The van der Waals surface area contributed by atoms with Gasteiger partial charge in [-0.2, -0.15) is 39.5 Å². The second-order valence-electron chi connectivity index (χ2n) is 8.35. The summed E-state index contributed by atoms with van der Waals surface area (Å²) in [6.07, 6.45) is -16.4. The Bertz CT molecular complexity index is 1150. The van der Waals surface area contributed by atoms with E-state index in [1.165, 1.54) is 6.92 Å². The lowest BCUT2D eigenvalue weighted by molar-refractivity contribution is -0.143. The van der Waals surface area contributed by atoms with Crippen molar-refractivity contribution in [2.24, 2.45) is 0 Å². The predicted octanol–water partition coefficient (Wildman–Crippen LogP) is 7.85. The van der Waals surface area contributed by atoms with Crippen LogP contribution >= 0.6 is 0 Å². The van der Waals surface area contributed by atoms with Gasteiger partial charge in [0.05, 0.1) is 34.9 Å². The first-order valence-corrected chi connectivity index (χ1v) is 11.0. The maximum absolute atomic E-state index is 13.5. The maximum atomic E-state index is 13.5. The fraction of sp³-hybridized carbons (Fsp3) is 0.417. The first-order valence-electron chi connectivity index (χ1n) is 11.0. The second kappa shape index (κ2) is 9.90. The molecule has 1 aliphatic heterocycles. The molecule has 0 saturated heterocycles. The van der Waals surface area contributed by atoms with E-state index in [1.807, 2.05) is 0 Å². The summed E-state index contributed by atoms with van der Waals surface area (Å²) in [5, 5.41) is 0. The molecule has 202 valence electrons. The summed E-state index contributed by atoms with van der Waals surface area (Å²) in [4.78, 5) is 27.1. The number of nitrogens with zero attached hydrogens (tertiary/aromatic N) is 1. The Morgan fingerprint density at radius 1 is 0.838 bits per heavy atom. The van der Waals surface area contributed by atoms with Crippen molar-refractivity contribution < 1.29 is 53.8 Å². The first-order chi connectivity index (χ1) is 17.0. The third kappa shape index (κ3) is 5.85. The van der Waals surface area contributed by atoms with Crippen LogP contribution in [0.5, 0.6) is 0 Å². The molecule has 0 unspecified atom stereocenters. The number of ether oxygens (including phenoxy) is 1. The van der Waals surface area contributed by atoms with Gasteiger partial charge in [0.15, 0.2) is 5.78 Å². The van der Waals surface area contributed by atoms with Crippen molar-refractivity contribution in [1.29, 1.82) is 0 Å². The normalized spacial score (nSPS) is 18.4. The highest BCUT2D eigenvalue weighted by Gasteiger charge is 2.43. The largest absolute Gasteiger partial charge is 0.449 e. The number of carbonyl (C=O) groups is 2. The lowest BCUT2D eigenvalue weighted by Gasteiger charge is -2.39. The van der Waals surface area contributed by atoms with Gasteiger partial charge in [0, 0.05) is 11.6 Å². The number of halogens is 9. The average molecular weight is 541 g/mol. The van der Waals surface area contributed by atoms with Crippen LogP contribution in [0.4, 0.5) is 50.0 Å². The zero-order valence-electron chi connectivity index (χ0n) is 19.3. The van der Waals surface area contributed by atoms with Gasteiger partial charge in [-0.15, -0.1) is 0 Å². The van der Waals surface area contributed by atoms with E-state index < -0.39 is 64.6 Å². The Hall–Kier alpha value is -3.25. The molecular weight excluding hydrogens is 521 g/mol. The molecule has 0 saturated carbocycles. The van der Waals surface area contributed by atoms with Crippen molar-refractivity contribution in [2.75, 3.05) is 11.5 Å². The van der Waals surface area contributed by atoms with Gasteiger partial charge < -0.3 is 4.74 Å². The summed E-state index contributed by atoms with van der Waals surface area (Å²) in [7, 11) is 0. The Kier molecular flexibility index (Phi) is 7.58. The van der Waals surface area contributed by atoms with E-state index in [1.54, 1.807) is 6.92 Å². The number of rotatable bonds is 4. The van der Waals surface area contributed by atoms with Gasteiger partial charge in [-0.25, -0.2) is 4.79 Å². The van der Waals surface area contributed by atoms with Crippen LogP contribution in [0.25, 0.3) is 0 Å². The monoisotopic (exact) mass is 541 g/mol. The van der Waals surface area contributed by atoms with Crippen LogP contribution in [0.15, 0.2) is 36.4 Å². The minimum atomic E-state index is -5.23. The number of anilines is 1. The van der Waals surface area contributed by atoms with Crippen LogP contribution in [0.1, 0.15) is 65.2 Å². The summed E-state index contributed by atoms with van der Waals surface area (Å²) < 4.78 is 125. The number of ketones is 1. The van der Waals surface area contributed by atoms with E-state index in [-0.39, 0.29) is 48.9 Å². The minimum absolute atomic E-state index is 0.0749. The van der Waals surface area contributed by atoms with Gasteiger partial charge in [0.1, 0.15) is 0 Å². The highest BCUT2D eigenvalue weighted by atomic mass is 19.4. The molecule has 2 atom stereocenters. The van der Waals surface area contributed by atoms with Gasteiger partial charge in [-0.3, -0.25) is 9.69 Å². The van der Waals surface area contributed by atoms with Crippen LogP contribution in [0.3, 0.4) is 0 Å². The summed E-state index contributed by atoms with van der Waals surface area (Å²) in [6.45, 7) is 3.02. The molecule has 4 nitrogen and oxygen atoms in total. The zero-order chi connectivity index (χ0) is 27.9. The number of carbonyl (C=O) groups excluding carboxylic acids is 2. The molecule has 2 aromatic rings. The Labute approximate surface area is 205 Å². The van der Waals surface area contributed by atoms with Crippen molar-refractivity contribution in [3.05, 3.63) is 64.2 Å². The zero-order valence-corrected chi connectivity index (χ0v) is 19.3. The molecule has 3 rings (SSSR count). The fourth-order valence-electron chi connectivity index (χ4n) is 4.27. The van der Waals surface area contributed by atoms with Crippen molar-refractivity contribution in [2.45, 2.75) is 57.2 Å². The van der Waals surface area contributed by atoms with Crippen LogP contribution in [-0.4, -0.2) is 24.5 Å². The van der Waals surface area contributed by atoms with E-state index in [9.17, 15) is 49.1 Å². The molecule has 13 heteroatoms. The molecule has 1 aliphatic rings. The molecule has 1 amide bonds. The van der Waals surface area contributed by atoms with Gasteiger partial charge >= 0.3 is 24.6 Å². The Morgan fingerprint density at radius 3 is 1.84 bits per heavy atom. The summed E-state index contributed by atoms with van der Waals surface area (Å²) in [5.74, 6) is -2.79. The Balaban J connectivity index is 2.23. The van der Waals surface area contributed by atoms with E-state index in [0.717, 1.165) is 11.0 Å². The van der Waals surface area contributed by atoms with Gasteiger partial charge in [-0.1, -0.05) is 6.92 Å². The van der Waals surface area contributed by atoms with Crippen LogP contribution in [0.2, 0.25) is 0 Å². The maximum Gasteiger partial charge on any atom is 0.416 e. The fourth-order valence-corrected chi connectivity index (χ4v) is 4.27. The number of benzene rings is 2. The van der Waals surface area contributed by atoms with Crippen molar-refractivity contribution >= 4 is 17.6 Å². The van der Waals surface area contributed by atoms with Gasteiger partial charge in [0.25, 0.3) is 0 Å². The van der Waals surface area contributed by atoms with Crippen LogP contribution in [-0.2, 0) is 23.3 Å². The number of amides is 1. The summed E-state index contributed by atoms with van der Waals surface area (Å²) in [5.41, 5.74) is -6.14. The molecule has 0 spiro atoms. The molecular formula is C24H20F9NO3. The molecule has 0 bridgehead atoms. The van der Waals surface area contributed by atoms with Crippen molar-refractivity contribution in [1.82, 2.24) is 0 Å². The highest BCUT2D eigenvalue weighted by molar-refractivity contribution is 6.04. The predicted molar refractivity (Wildman–Crippen MR) is 113 cm³/mol. The first kappa shape index (κ1) is 28.3. The summed E-state index contributed by atoms with van der Waals surface area (Å²) in [6, 6.07) is 1.68. The number of Topliss-reactive ketones (excluding diaryl/α,β-unsaturated/α-hetero) is 1. The SMILES string of the molecule is CCOC(=O)N1c2ccc(C(F)(F)F)cc2[C@@H](C(=O)c2cc(C(F)(F)F)cc(C(F)(F)F)c2)C[C@@H]1CC. The lowest BCUT2D eigenvalue weighted by Crippen LogP contribution is -2.46.